The highest BCUT2D eigenvalue weighted by atomic mass is 16.5. The predicted molar refractivity (Wildman–Crippen MR) is 112 cm³/mol. The van der Waals surface area contributed by atoms with Crippen LogP contribution in [-0.4, -0.2) is 27.4 Å². The van der Waals surface area contributed by atoms with Gasteiger partial charge in [-0.15, -0.1) is 0 Å². The minimum Gasteiger partial charge on any atom is -0.491 e. The molecule has 0 radical (unpaired) electrons. The molecule has 1 N–H and O–H groups in total. The summed E-state index contributed by atoms with van der Waals surface area (Å²) in [5.74, 6) is 0.676. The van der Waals surface area contributed by atoms with Crippen LogP contribution < -0.4 is 10.3 Å². The fraction of sp³-hybridized carbons (Fsp3) is 0.304. The number of para-hydroxylation sites is 1. The van der Waals surface area contributed by atoms with Gasteiger partial charge in [-0.05, 0) is 35.2 Å². The van der Waals surface area contributed by atoms with Crippen LogP contribution >= 0.6 is 0 Å². The number of benzene rings is 2. The molecule has 0 bridgehead atoms. The predicted octanol–water partition coefficient (Wildman–Crippen LogP) is 3.88. The van der Waals surface area contributed by atoms with Crippen molar-refractivity contribution in [3.05, 3.63) is 70.8 Å². The summed E-state index contributed by atoms with van der Waals surface area (Å²) in [7, 11) is 0. The number of aliphatic hydroxyl groups is 1. The van der Waals surface area contributed by atoms with Crippen molar-refractivity contribution in [2.75, 3.05) is 6.61 Å². The van der Waals surface area contributed by atoms with E-state index in [9.17, 15) is 9.90 Å². The zero-order chi connectivity index (χ0) is 20.6. The van der Waals surface area contributed by atoms with Crippen LogP contribution in [0.15, 0.2) is 64.1 Å². The van der Waals surface area contributed by atoms with Crippen LogP contribution in [0, 0.1) is 0 Å². The van der Waals surface area contributed by atoms with E-state index in [1.165, 1.54) is 16.5 Å². The molecule has 0 amide bonds. The first-order valence-corrected chi connectivity index (χ1v) is 9.61. The Morgan fingerprint density at radius 2 is 1.86 bits per heavy atom. The Labute approximate surface area is 168 Å². The Morgan fingerprint density at radius 3 is 2.59 bits per heavy atom. The third kappa shape index (κ3) is 3.89. The molecule has 0 saturated carbocycles. The van der Waals surface area contributed by atoms with Crippen molar-refractivity contribution < 1.29 is 14.3 Å². The first kappa shape index (κ1) is 19.2. The van der Waals surface area contributed by atoms with Gasteiger partial charge in [-0.2, -0.15) is 0 Å². The number of fused-ring (bicyclic) bond motifs is 3. The van der Waals surface area contributed by atoms with Gasteiger partial charge in [0.15, 0.2) is 0 Å². The number of hydrogen-bond acceptors (Lipinski definition) is 5. The standard InChI is InChI=1S/C23H24N2O4/c1-23(2,3)15-8-10-17(11-9-15)28-13-16(26)12-25-14-24-20-18-6-4-5-7-19(18)29-21(20)22(25)27/h4-11,14,16,26H,12-13H2,1-3H3. The summed E-state index contributed by atoms with van der Waals surface area (Å²) in [4.78, 5) is 17.1. The fourth-order valence-corrected chi connectivity index (χ4v) is 3.27. The van der Waals surface area contributed by atoms with E-state index in [0.717, 1.165) is 5.39 Å². The van der Waals surface area contributed by atoms with Crippen LogP contribution in [0.4, 0.5) is 0 Å². The number of rotatable bonds is 5. The average Bonchev–Trinajstić information content (AvgIpc) is 3.08. The SMILES string of the molecule is CC(C)(C)c1ccc(OCC(O)Cn2cnc3c(oc4ccccc43)c2=O)cc1. The Balaban J connectivity index is 1.46. The maximum Gasteiger partial charge on any atom is 0.297 e. The molecular weight excluding hydrogens is 368 g/mol. The van der Waals surface area contributed by atoms with Crippen molar-refractivity contribution in [3.8, 4) is 5.75 Å². The number of aromatic nitrogens is 2. The van der Waals surface area contributed by atoms with Crippen molar-refractivity contribution in [1.82, 2.24) is 9.55 Å². The monoisotopic (exact) mass is 392 g/mol. The van der Waals surface area contributed by atoms with E-state index < -0.39 is 6.10 Å². The van der Waals surface area contributed by atoms with Gasteiger partial charge in [0.25, 0.3) is 5.56 Å². The summed E-state index contributed by atoms with van der Waals surface area (Å²) in [6.07, 6.45) is 0.576. The van der Waals surface area contributed by atoms with Gasteiger partial charge >= 0.3 is 0 Å². The van der Waals surface area contributed by atoms with E-state index in [2.05, 4.69) is 25.8 Å². The molecule has 0 aliphatic heterocycles. The first-order chi connectivity index (χ1) is 13.8. The molecule has 1 atom stereocenters. The topological polar surface area (TPSA) is 77.5 Å². The van der Waals surface area contributed by atoms with Crippen LogP contribution in [0.3, 0.4) is 0 Å². The zero-order valence-electron chi connectivity index (χ0n) is 16.8. The van der Waals surface area contributed by atoms with Gasteiger partial charge in [0, 0.05) is 5.39 Å². The fourth-order valence-electron chi connectivity index (χ4n) is 3.27. The van der Waals surface area contributed by atoms with E-state index in [4.69, 9.17) is 9.15 Å². The Kier molecular flexibility index (Phi) is 4.88. The van der Waals surface area contributed by atoms with Gasteiger partial charge in [0.1, 0.15) is 29.6 Å². The number of furan rings is 1. The summed E-state index contributed by atoms with van der Waals surface area (Å²) >= 11 is 0. The average molecular weight is 392 g/mol. The van der Waals surface area contributed by atoms with Gasteiger partial charge < -0.3 is 14.3 Å². The molecule has 0 saturated heterocycles. The molecule has 29 heavy (non-hydrogen) atoms. The van der Waals surface area contributed by atoms with E-state index in [0.29, 0.717) is 16.8 Å². The molecule has 0 fully saturated rings. The van der Waals surface area contributed by atoms with Crippen molar-refractivity contribution in [1.29, 1.82) is 0 Å². The highest BCUT2D eigenvalue weighted by Crippen LogP contribution is 2.25. The first-order valence-electron chi connectivity index (χ1n) is 9.61. The molecule has 0 aliphatic rings. The third-order valence-corrected chi connectivity index (χ3v) is 4.92. The summed E-state index contributed by atoms with van der Waals surface area (Å²) < 4.78 is 12.7. The smallest absolute Gasteiger partial charge is 0.297 e. The van der Waals surface area contributed by atoms with E-state index in [1.807, 2.05) is 42.5 Å². The van der Waals surface area contributed by atoms with Crippen LogP contribution in [0.25, 0.3) is 22.1 Å². The van der Waals surface area contributed by atoms with Crippen molar-refractivity contribution in [2.24, 2.45) is 0 Å². The zero-order valence-corrected chi connectivity index (χ0v) is 16.8. The van der Waals surface area contributed by atoms with Crippen LogP contribution in [-0.2, 0) is 12.0 Å². The Bertz CT molecular complexity index is 1200. The molecule has 4 aromatic rings. The van der Waals surface area contributed by atoms with Gasteiger partial charge in [-0.3, -0.25) is 9.36 Å². The number of hydrogen-bond donors (Lipinski definition) is 1. The lowest BCUT2D eigenvalue weighted by Gasteiger charge is -2.19. The second-order valence-corrected chi connectivity index (χ2v) is 8.22. The summed E-state index contributed by atoms with van der Waals surface area (Å²) in [5, 5.41) is 11.1. The number of ether oxygens (including phenoxy) is 1. The second-order valence-electron chi connectivity index (χ2n) is 8.22. The maximum atomic E-state index is 12.7. The molecule has 0 aliphatic carbocycles. The molecule has 1 unspecified atom stereocenters. The minimum absolute atomic E-state index is 0.0683. The normalized spacial score (nSPS) is 13.1. The number of aliphatic hydroxyl groups excluding tert-OH is 1. The van der Waals surface area contributed by atoms with Crippen molar-refractivity contribution in [3.63, 3.8) is 0 Å². The van der Waals surface area contributed by atoms with Crippen molar-refractivity contribution >= 4 is 22.1 Å². The van der Waals surface area contributed by atoms with Crippen LogP contribution in [0.1, 0.15) is 26.3 Å². The molecule has 2 aromatic heterocycles. The summed E-state index contributed by atoms with van der Waals surface area (Å²) in [6, 6.07) is 15.2. The molecule has 6 nitrogen and oxygen atoms in total. The van der Waals surface area contributed by atoms with E-state index in [-0.39, 0.29) is 29.7 Å². The molecule has 4 rings (SSSR count). The molecule has 150 valence electrons. The third-order valence-electron chi connectivity index (χ3n) is 4.92. The largest absolute Gasteiger partial charge is 0.491 e. The lowest BCUT2D eigenvalue weighted by molar-refractivity contribution is 0.0914. The number of nitrogens with zero attached hydrogens (tertiary/aromatic N) is 2. The van der Waals surface area contributed by atoms with Gasteiger partial charge in [0.2, 0.25) is 5.58 Å². The summed E-state index contributed by atoms with van der Waals surface area (Å²) in [6.45, 7) is 6.59. The van der Waals surface area contributed by atoms with Crippen LogP contribution in [0.5, 0.6) is 5.75 Å². The van der Waals surface area contributed by atoms with E-state index in [1.54, 1.807) is 6.07 Å². The van der Waals surface area contributed by atoms with Crippen LogP contribution in [0.2, 0.25) is 0 Å². The molecule has 0 spiro atoms. The van der Waals surface area contributed by atoms with Gasteiger partial charge in [-0.25, -0.2) is 4.98 Å². The molecule has 2 aromatic carbocycles. The lowest BCUT2D eigenvalue weighted by Crippen LogP contribution is -2.30. The van der Waals surface area contributed by atoms with Gasteiger partial charge in [-0.1, -0.05) is 45.0 Å². The highest BCUT2D eigenvalue weighted by Gasteiger charge is 2.16. The van der Waals surface area contributed by atoms with Gasteiger partial charge in [0.05, 0.1) is 12.9 Å². The summed E-state index contributed by atoms with van der Waals surface area (Å²) in [5.41, 5.74) is 2.31. The molecular formula is C23H24N2O4. The van der Waals surface area contributed by atoms with E-state index >= 15 is 0 Å². The molecule has 6 heteroatoms. The molecule has 2 heterocycles. The lowest BCUT2D eigenvalue weighted by atomic mass is 9.87. The second kappa shape index (κ2) is 7.37. The Morgan fingerprint density at radius 1 is 1.14 bits per heavy atom. The quantitative estimate of drug-likeness (QED) is 0.558. The van der Waals surface area contributed by atoms with Crippen molar-refractivity contribution in [2.45, 2.75) is 38.8 Å². The highest BCUT2D eigenvalue weighted by molar-refractivity contribution is 6.01. The minimum atomic E-state index is -0.862. The Hall–Kier alpha value is -3.12. The maximum absolute atomic E-state index is 12.7.